The normalized spacial score (nSPS) is 14.3. The van der Waals surface area contributed by atoms with Crippen LogP contribution in [0.2, 0.25) is 0 Å². The molecular weight excluding hydrogens is 856 g/mol. The molecule has 10 heteroatoms. The number of carbonyl (C=O) groups excluding carboxylic acids is 2. The molecule has 0 radical (unpaired) electrons. The molecule has 1 amide bonds. The third kappa shape index (κ3) is 48.5. The lowest BCUT2D eigenvalue weighted by molar-refractivity contribution is -0.870. The van der Waals surface area contributed by atoms with E-state index < -0.39 is 26.6 Å². The number of phosphoric acid groups is 1. The minimum Gasteiger partial charge on any atom is -0.756 e. The largest absolute Gasteiger partial charge is 0.756 e. The van der Waals surface area contributed by atoms with Gasteiger partial charge in [0.1, 0.15) is 19.3 Å². The number of esters is 1. The zero-order chi connectivity index (χ0) is 49.4. The van der Waals surface area contributed by atoms with Gasteiger partial charge < -0.3 is 28.5 Å². The Kier molecular flexibility index (Phi) is 45.8. The molecule has 390 valence electrons. The second kappa shape index (κ2) is 47.4. The van der Waals surface area contributed by atoms with Crippen molar-refractivity contribution in [3.8, 4) is 0 Å². The van der Waals surface area contributed by atoms with Crippen LogP contribution in [0.25, 0.3) is 0 Å². The molecular formula is C57H105N2O7P. The molecule has 0 aromatic carbocycles. The van der Waals surface area contributed by atoms with Crippen molar-refractivity contribution in [2.75, 3.05) is 40.9 Å². The van der Waals surface area contributed by atoms with Crippen molar-refractivity contribution in [1.82, 2.24) is 5.32 Å². The number of rotatable bonds is 49. The van der Waals surface area contributed by atoms with Gasteiger partial charge in [-0.15, -0.1) is 0 Å². The minimum atomic E-state index is -4.70. The highest BCUT2D eigenvalue weighted by molar-refractivity contribution is 7.45. The maximum atomic E-state index is 13.5. The summed E-state index contributed by atoms with van der Waals surface area (Å²) in [5, 5.41) is 3.01. The second-order valence-corrected chi connectivity index (χ2v) is 21.2. The van der Waals surface area contributed by atoms with Crippen LogP contribution in [-0.2, 0) is 27.9 Å². The van der Waals surface area contributed by atoms with Crippen LogP contribution in [0, 0.1) is 0 Å². The quantitative estimate of drug-likeness (QED) is 0.0161. The molecule has 3 unspecified atom stereocenters. The Morgan fingerprint density at radius 3 is 1.46 bits per heavy atom. The van der Waals surface area contributed by atoms with E-state index in [4.69, 9.17) is 13.8 Å². The van der Waals surface area contributed by atoms with E-state index in [1.807, 2.05) is 39.4 Å². The van der Waals surface area contributed by atoms with Crippen LogP contribution in [0.5, 0.6) is 0 Å². The second-order valence-electron chi connectivity index (χ2n) is 19.8. The molecule has 3 atom stereocenters. The first kappa shape index (κ1) is 64.7. The van der Waals surface area contributed by atoms with Crippen molar-refractivity contribution in [2.45, 2.75) is 251 Å². The molecule has 0 rings (SSSR count). The maximum absolute atomic E-state index is 13.5. The molecule has 0 aliphatic heterocycles. The minimum absolute atomic E-state index is 0.0288. The van der Waals surface area contributed by atoms with Crippen molar-refractivity contribution in [3.63, 3.8) is 0 Å². The van der Waals surface area contributed by atoms with Crippen LogP contribution in [-0.4, -0.2) is 69.4 Å². The average molecular weight is 961 g/mol. The lowest BCUT2D eigenvalue weighted by Gasteiger charge is -2.30. The van der Waals surface area contributed by atoms with E-state index >= 15 is 0 Å². The zero-order valence-electron chi connectivity index (χ0n) is 44.3. The highest BCUT2D eigenvalue weighted by Crippen LogP contribution is 2.38. The molecule has 0 spiro atoms. The zero-order valence-corrected chi connectivity index (χ0v) is 45.2. The van der Waals surface area contributed by atoms with Crippen molar-refractivity contribution in [2.24, 2.45) is 0 Å². The van der Waals surface area contributed by atoms with Gasteiger partial charge in [-0.25, -0.2) is 0 Å². The fraction of sp³-hybridized carbons (Fsp3) is 0.789. The van der Waals surface area contributed by atoms with E-state index in [0.717, 1.165) is 96.3 Å². The first-order valence-electron chi connectivity index (χ1n) is 27.6. The Morgan fingerprint density at radius 2 is 0.970 bits per heavy atom. The summed E-state index contributed by atoms with van der Waals surface area (Å²) in [5.41, 5.74) is 0. The number of unbranched alkanes of at least 4 members (excludes halogenated alkanes) is 27. The molecule has 0 aliphatic rings. The van der Waals surface area contributed by atoms with Gasteiger partial charge in [-0.2, -0.15) is 0 Å². The number of allylic oxidation sites excluding steroid dienone is 9. The molecule has 67 heavy (non-hydrogen) atoms. The summed E-state index contributed by atoms with van der Waals surface area (Å²) in [6, 6.07) is -0.900. The van der Waals surface area contributed by atoms with Crippen LogP contribution in [0.15, 0.2) is 60.8 Å². The summed E-state index contributed by atoms with van der Waals surface area (Å²) in [6.45, 7) is 6.68. The van der Waals surface area contributed by atoms with Gasteiger partial charge in [0.05, 0.1) is 33.8 Å². The number of carbonyl (C=O) groups is 2. The molecule has 0 aliphatic carbocycles. The van der Waals surface area contributed by atoms with E-state index in [9.17, 15) is 19.0 Å². The molecule has 9 nitrogen and oxygen atoms in total. The third-order valence-electron chi connectivity index (χ3n) is 12.0. The number of quaternary nitrogens is 1. The number of ether oxygens (including phenoxy) is 1. The van der Waals surface area contributed by atoms with Crippen molar-refractivity contribution < 1.29 is 37.3 Å². The third-order valence-corrected chi connectivity index (χ3v) is 13.0. The molecule has 0 aromatic heterocycles. The predicted octanol–water partition coefficient (Wildman–Crippen LogP) is 15.7. The van der Waals surface area contributed by atoms with Gasteiger partial charge in [0.15, 0.2) is 0 Å². The van der Waals surface area contributed by atoms with Gasteiger partial charge in [0, 0.05) is 12.8 Å². The van der Waals surface area contributed by atoms with E-state index in [1.54, 1.807) is 0 Å². The molecule has 0 heterocycles. The molecule has 0 saturated carbocycles. The van der Waals surface area contributed by atoms with Gasteiger partial charge >= 0.3 is 5.97 Å². The van der Waals surface area contributed by atoms with Gasteiger partial charge in [0.2, 0.25) is 5.91 Å². The van der Waals surface area contributed by atoms with E-state index in [0.29, 0.717) is 23.9 Å². The molecule has 0 aromatic rings. The van der Waals surface area contributed by atoms with Crippen LogP contribution in [0.3, 0.4) is 0 Å². The predicted molar refractivity (Wildman–Crippen MR) is 284 cm³/mol. The highest BCUT2D eigenvalue weighted by Gasteiger charge is 2.27. The number of nitrogens with zero attached hydrogens (tertiary/aromatic N) is 1. The molecule has 0 bridgehead atoms. The van der Waals surface area contributed by atoms with Gasteiger partial charge in [-0.1, -0.05) is 210 Å². The summed E-state index contributed by atoms with van der Waals surface area (Å²) >= 11 is 0. The Balaban J connectivity index is 5.41. The van der Waals surface area contributed by atoms with Gasteiger partial charge in [0.25, 0.3) is 7.82 Å². The van der Waals surface area contributed by atoms with Crippen LogP contribution < -0.4 is 10.2 Å². The first-order valence-corrected chi connectivity index (χ1v) is 29.1. The number of phosphoric ester groups is 1. The average Bonchev–Trinajstić information content (AvgIpc) is 3.28. The van der Waals surface area contributed by atoms with Crippen molar-refractivity contribution >= 4 is 19.7 Å². The number of amides is 1. The van der Waals surface area contributed by atoms with Crippen LogP contribution in [0.1, 0.15) is 239 Å². The maximum Gasteiger partial charge on any atom is 0.306 e. The molecule has 0 saturated heterocycles. The summed E-state index contributed by atoms with van der Waals surface area (Å²) < 4.78 is 30.2. The Bertz CT molecular complexity index is 1340. The van der Waals surface area contributed by atoms with Gasteiger partial charge in [-0.3, -0.25) is 14.2 Å². The van der Waals surface area contributed by atoms with E-state index in [-0.39, 0.29) is 24.9 Å². The van der Waals surface area contributed by atoms with Crippen molar-refractivity contribution in [1.29, 1.82) is 0 Å². The SMILES string of the molecule is CC/C=C/C=C/C=C\CCCCCCCC(=O)OC(/C=C/CCCCCCCCCCCC)C(COP(=O)([O-])OCC[N+](C)(C)C)NC(=O)CCCCCCC/C=C/CCCCCCCCC. The number of hydrogen-bond acceptors (Lipinski definition) is 7. The summed E-state index contributed by atoms with van der Waals surface area (Å²) in [7, 11) is 1.16. The lowest BCUT2D eigenvalue weighted by atomic mass is 10.0. The molecule has 0 fully saturated rings. The van der Waals surface area contributed by atoms with E-state index in [1.165, 1.54) is 103 Å². The standard InChI is InChI=1S/C57H105N2O7P/c1-7-10-13-16-19-22-25-28-29-30-32-34-37-40-43-46-49-56(60)58-54(53-65-67(62,63)64-52-51-59(4,5)6)55(48-45-42-39-36-33-27-24-21-18-15-12-9-3)66-57(61)50-47-44-41-38-35-31-26-23-20-17-14-11-8-2/h11,14,17,20,23,26,29-30,45,48,54-55H,7-10,12-13,15-16,18-19,21-22,24-25,27-28,31-44,46-47,49-53H2,1-6H3,(H-,58,60,62,63)/b14-11+,20-17+,26-23-,30-29+,48-45+. The van der Waals surface area contributed by atoms with Gasteiger partial charge in [-0.05, 0) is 76.7 Å². The Morgan fingerprint density at radius 1 is 0.537 bits per heavy atom. The topological polar surface area (TPSA) is 114 Å². The summed E-state index contributed by atoms with van der Waals surface area (Å²) in [5.74, 6) is -0.575. The first-order chi connectivity index (χ1) is 32.4. The fourth-order valence-electron chi connectivity index (χ4n) is 7.69. The molecule has 1 N–H and O–H groups in total. The summed E-state index contributed by atoms with van der Waals surface area (Å²) in [6.07, 6.45) is 57.5. The smallest absolute Gasteiger partial charge is 0.306 e. The van der Waals surface area contributed by atoms with Crippen molar-refractivity contribution in [3.05, 3.63) is 60.8 Å². The highest BCUT2D eigenvalue weighted by atomic mass is 31.2. The van der Waals surface area contributed by atoms with Crippen LogP contribution >= 0.6 is 7.82 Å². The lowest BCUT2D eigenvalue weighted by Crippen LogP contribution is -2.47. The summed E-state index contributed by atoms with van der Waals surface area (Å²) in [4.78, 5) is 39.7. The number of hydrogen-bond donors (Lipinski definition) is 1. The fourth-order valence-corrected chi connectivity index (χ4v) is 8.41. The Hall–Kier alpha value is -2.29. The number of likely N-dealkylation sites (N-methyl/N-ethyl adjacent to an activating group) is 1. The van der Waals surface area contributed by atoms with E-state index in [2.05, 4.69) is 68.6 Å². The van der Waals surface area contributed by atoms with Crippen LogP contribution in [0.4, 0.5) is 0 Å². The number of nitrogens with one attached hydrogen (secondary N) is 1. The monoisotopic (exact) mass is 961 g/mol. The Labute approximate surface area is 413 Å².